The van der Waals surface area contributed by atoms with Crippen LogP contribution in [0, 0.1) is 6.92 Å². The molecule has 0 aliphatic heterocycles. The molecule has 170 valence electrons. The van der Waals surface area contributed by atoms with E-state index in [9.17, 15) is 26.4 Å². The fourth-order valence-corrected chi connectivity index (χ4v) is 3.08. The van der Waals surface area contributed by atoms with Crippen LogP contribution in [0.4, 0.5) is 13.2 Å². The topological polar surface area (TPSA) is 108 Å². The molecule has 12 heteroatoms. The molecule has 3 rings (SSSR count). The standard InChI is InChI=1S/C20H17F3N2O6S/c1-12-17(30-11-13-6-8-15(29-2)9-7-13)19(26)25-18(24-12)14-4-3-5-16(10-14)31-32(27,28)20(21,22)23/h3-10H,11H2,1-2H3,(H,24,25,26). The first-order valence-corrected chi connectivity index (χ1v) is 10.4. The summed E-state index contributed by atoms with van der Waals surface area (Å²) in [4.78, 5) is 19.2. The van der Waals surface area contributed by atoms with Gasteiger partial charge in [-0.15, -0.1) is 0 Å². The molecule has 0 atom stereocenters. The highest BCUT2D eigenvalue weighted by Gasteiger charge is 2.48. The third kappa shape index (κ3) is 5.19. The number of benzene rings is 2. The Balaban J connectivity index is 1.82. The number of hydrogen-bond acceptors (Lipinski definition) is 7. The zero-order valence-electron chi connectivity index (χ0n) is 16.8. The maximum atomic E-state index is 12.5. The van der Waals surface area contributed by atoms with Crippen molar-refractivity contribution in [1.82, 2.24) is 9.97 Å². The molecule has 0 unspecified atom stereocenters. The van der Waals surface area contributed by atoms with E-state index >= 15 is 0 Å². The summed E-state index contributed by atoms with van der Waals surface area (Å²) in [6.45, 7) is 1.62. The Labute approximate surface area is 180 Å². The first-order chi connectivity index (χ1) is 15.0. The molecule has 1 N–H and O–H groups in total. The van der Waals surface area contributed by atoms with Crippen molar-refractivity contribution in [3.63, 3.8) is 0 Å². The average molecular weight is 470 g/mol. The number of rotatable bonds is 7. The summed E-state index contributed by atoms with van der Waals surface area (Å²) in [5, 5.41) is 0. The number of halogens is 3. The predicted octanol–water partition coefficient (Wildman–Crippen LogP) is 3.56. The normalized spacial score (nSPS) is 11.8. The summed E-state index contributed by atoms with van der Waals surface area (Å²) in [5.41, 5.74) is -5.04. The summed E-state index contributed by atoms with van der Waals surface area (Å²) >= 11 is 0. The van der Waals surface area contributed by atoms with Crippen LogP contribution in [0.2, 0.25) is 0 Å². The van der Waals surface area contributed by atoms with Crippen molar-refractivity contribution in [2.24, 2.45) is 0 Å². The molecule has 2 aromatic carbocycles. The highest BCUT2D eigenvalue weighted by molar-refractivity contribution is 7.88. The lowest BCUT2D eigenvalue weighted by molar-refractivity contribution is -0.0500. The third-order valence-electron chi connectivity index (χ3n) is 4.19. The van der Waals surface area contributed by atoms with Crippen LogP contribution in [0.15, 0.2) is 53.3 Å². The second kappa shape index (κ2) is 8.91. The van der Waals surface area contributed by atoms with E-state index in [-0.39, 0.29) is 29.4 Å². The summed E-state index contributed by atoms with van der Waals surface area (Å²) in [7, 11) is -4.29. The number of hydrogen-bond donors (Lipinski definition) is 1. The van der Waals surface area contributed by atoms with E-state index in [0.29, 0.717) is 5.75 Å². The van der Waals surface area contributed by atoms with Crippen molar-refractivity contribution in [2.75, 3.05) is 7.11 Å². The lowest BCUT2D eigenvalue weighted by Crippen LogP contribution is -2.28. The van der Waals surface area contributed by atoms with Gasteiger partial charge in [-0.2, -0.15) is 21.6 Å². The molecular weight excluding hydrogens is 453 g/mol. The van der Waals surface area contributed by atoms with Gasteiger partial charge >= 0.3 is 15.6 Å². The maximum absolute atomic E-state index is 12.5. The molecule has 0 aliphatic carbocycles. The van der Waals surface area contributed by atoms with Crippen molar-refractivity contribution in [3.05, 3.63) is 70.1 Å². The molecule has 0 saturated heterocycles. The Morgan fingerprint density at radius 1 is 1.06 bits per heavy atom. The van der Waals surface area contributed by atoms with Gasteiger partial charge in [0.2, 0.25) is 5.75 Å². The van der Waals surface area contributed by atoms with Crippen molar-refractivity contribution in [3.8, 4) is 28.6 Å². The number of aryl methyl sites for hydroxylation is 1. The number of methoxy groups -OCH3 is 1. The number of H-pyrrole nitrogens is 1. The van der Waals surface area contributed by atoms with Gasteiger partial charge in [-0.3, -0.25) is 4.79 Å². The SMILES string of the molecule is COc1ccc(COc2c(C)nc(-c3cccc(OS(=O)(=O)C(F)(F)F)c3)[nH]c2=O)cc1. The number of aromatic amines is 1. The lowest BCUT2D eigenvalue weighted by atomic mass is 10.2. The molecule has 0 radical (unpaired) electrons. The van der Waals surface area contributed by atoms with Crippen molar-refractivity contribution >= 4 is 10.1 Å². The molecule has 0 aliphatic rings. The second-order valence-corrected chi connectivity index (χ2v) is 8.01. The highest BCUT2D eigenvalue weighted by atomic mass is 32.2. The van der Waals surface area contributed by atoms with Gasteiger partial charge in [0.1, 0.15) is 23.9 Å². The van der Waals surface area contributed by atoms with Gasteiger partial charge in [-0.05, 0) is 36.8 Å². The zero-order chi connectivity index (χ0) is 23.5. The van der Waals surface area contributed by atoms with Crippen LogP contribution in [-0.2, 0) is 16.7 Å². The first kappa shape index (κ1) is 23.1. The van der Waals surface area contributed by atoms with Crippen LogP contribution in [0.3, 0.4) is 0 Å². The molecule has 0 bridgehead atoms. The Kier molecular flexibility index (Phi) is 6.44. The first-order valence-electron chi connectivity index (χ1n) is 8.98. The van der Waals surface area contributed by atoms with Gasteiger partial charge in [0.25, 0.3) is 5.56 Å². The quantitative estimate of drug-likeness (QED) is 0.416. The van der Waals surface area contributed by atoms with Gasteiger partial charge in [-0.1, -0.05) is 24.3 Å². The predicted molar refractivity (Wildman–Crippen MR) is 108 cm³/mol. The number of alkyl halides is 3. The Bertz CT molecular complexity index is 1270. The molecule has 1 aromatic heterocycles. The average Bonchev–Trinajstić information content (AvgIpc) is 2.72. The Morgan fingerprint density at radius 2 is 1.75 bits per heavy atom. The molecule has 8 nitrogen and oxygen atoms in total. The fourth-order valence-electron chi connectivity index (χ4n) is 2.63. The van der Waals surface area contributed by atoms with E-state index in [1.807, 2.05) is 0 Å². The van der Waals surface area contributed by atoms with Gasteiger partial charge in [0.05, 0.1) is 12.8 Å². The van der Waals surface area contributed by atoms with E-state index in [2.05, 4.69) is 14.2 Å². The molecule has 1 heterocycles. The van der Waals surface area contributed by atoms with Crippen LogP contribution in [-0.4, -0.2) is 31.0 Å². The van der Waals surface area contributed by atoms with Crippen molar-refractivity contribution < 1.29 is 35.2 Å². The van der Waals surface area contributed by atoms with Crippen LogP contribution >= 0.6 is 0 Å². The molecule has 0 spiro atoms. The van der Waals surface area contributed by atoms with E-state index in [4.69, 9.17) is 9.47 Å². The minimum absolute atomic E-state index is 0.000783. The molecule has 3 aromatic rings. The largest absolute Gasteiger partial charge is 0.534 e. The van der Waals surface area contributed by atoms with Gasteiger partial charge in [0, 0.05) is 5.56 Å². The van der Waals surface area contributed by atoms with Gasteiger partial charge in [0.15, 0.2) is 0 Å². The minimum atomic E-state index is -5.83. The molecule has 0 amide bonds. The zero-order valence-corrected chi connectivity index (χ0v) is 17.6. The molecule has 0 fully saturated rings. The van der Waals surface area contributed by atoms with Crippen molar-refractivity contribution in [1.29, 1.82) is 0 Å². The van der Waals surface area contributed by atoms with E-state index in [0.717, 1.165) is 17.7 Å². The van der Waals surface area contributed by atoms with E-state index in [1.165, 1.54) is 19.1 Å². The lowest BCUT2D eigenvalue weighted by Gasteiger charge is -2.11. The van der Waals surface area contributed by atoms with Crippen LogP contribution in [0.25, 0.3) is 11.4 Å². The monoisotopic (exact) mass is 470 g/mol. The summed E-state index contributed by atoms with van der Waals surface area (Å²) in [5.74, 6) is 0.0544. The fraction of sp³-hybridized carbons (Fsp3) is 0.200. The Hall–Kier alpha value is -3.54. The number of nitrogens with one attached hydrogen (secondary N) is 1. The summed E-state index contributed by atoms with van der Waals surface area (Å²) in [6.07, 6.45) is 0. The van der Waals surface area contributed by atoms with Crippen LogP contribution in [0.1, 0.15) is 11.3 Å². The smallest absolute Gasteiger partial charge is 0.497 e. The minimum Gasteiger partial charge on any atom is -0.497 e. The highest BCUT2D eigenvalue weighted by Crippen LogP contribution is 2.29. The Morgan fingerprint density at radius 3 is 2.34 bits per heavy atom. The molecule has 0 saturated carbocycles. The number of aromatic nitrogens is 2. The maximum Gasteiger partial charge on any atom is 0.534 e. The summed E-state index contributed by atoms with van der Waals surface area (Å²) < 4.78 is 74.8. The van der Waals surface area contributed by atoms with Crippen molar-refractivity contribution in [2.45, 2.75) is 19.0 Å². The molecular formula is C20H17F3N2O6S. The van der Waals surface area contributed by atoms with Gasteiger partial charge in [-0.25, -0.2) is 4.98 Å². The second-order valence-electron chi connectivity index (χ2n) is 6.48. The number of nitrogens with zero attached hydrogens (tertiary/aromatic N) is 1. The van der Waals surface area contributed by atoms with E-state index in [1.54, 1.807) is 31.4 Å². The summed E-state index contributed by atoms with van der Waals surface area (Å²) in [6, 6.07) is 11.7. The van der Waals surface area contributed by atoms with Gasteiger partial charge < -0.3 is 18.6 Å². The van der Waals surface area contributed by atoms with E-state index < -0.39 is 26.9 Å². The number of ether oxygens (including phenoxy) is 2. The molecule has 32 heavy (non-hydrogen) atoms. The third-order valence-corrected chi connectivity index (χ3v) is 5.16. The van der Waals surface area contributed by atoms with Crippen LogP contribution in [0.5, 0.6) is 17.2 Å². The van der Waals surface area contributed by atoms with Crippen LogP contribution < -0.4 is 19.2 Å².